The van der Waals surface area contributed by atoms with E-state index in [0.29, 0.717) is 7.88 Å². The number of aryl methyl sites for hydroxylation is 1. The highest BCUT2D eigenvalue weighted by atomic mass is 127. The summed E-state index contributed by atoms with van der Waals surface area (Å²) in [6.45, 7) is 1.51. The second-order valence-corrected chi connectivity index (χ2v) is 7.12. The molecule has 0 aliphatic heterocycles. The number of rotatable bonds is 4. The number of amides is 2. The minimum absolute atomic E-state index is 0.0866. The molecule has 2 aromatic rings. The van der Waals surface area contributed by atoms with Crippen LogP contribution in [-0.4, -0.2) is 36.5 Å². The second-order valence-electron chi connectivity index (χ2n) is 4.21. The monoisotopic (exact) mass is 449 g/mol. The maximum Gasteiger partial charge on any atom is 0.336 e. The van der Waals surface area contributed by atoms with Gasteiger partial charge < -0.3 is 10.5 Å². The Balaban J connectivity index is 2.66. The fraction of sp³-hybridized carbons (Fsp3) is 0.167. The number of aromatic nitrogens is 3. The van der Waals surface area contributed by atoms with E-state index in [0.717, 1.165) is 0 Å². The lowest BCUT2D eigenvalue weighted by Crippen LogP contribution is -2.42. The molecule has 0 spiro atoms. The van der Waals surface area contributed by atoms with Crippen LogP contribution in [0.25, 0.3) is 0 Å². The van der Waals surface area contributed by atoms with E-state index >= 15 is 0 Å². The Labute approximate surface area is 146 Å². The average molecular weight is 449 g/mol. The van der Waals surface area contributed by atoms with Gasteiger partial charge in [-0.1, -0.05) is 12.1 Å². The first kappa shape index (κ1) is 17.3. The summed E-state index contributed by atoms with van der Waals surface area (Å²) < 4.78 is 31.2. The number of nitrogens with zero attached hydrogens (tertiary/aromatic N) is 4. The Morgan fingerprint density at radius 3 is 2.48 bits per heavy atom. The highest BCUT2D eigenvalue weighted by molar-refractivity contribution is 14.1. The minimum Gasteiger partial charge on any atom is -0.467 e. The van der Waals surface area contributed by atoms with Gasteiger partial charge in [-0.3, -0.25) is 0 Å². The number of hydrogen-bond donors (Lipinski definition) is 1. The predicted molar refractivity (Wildman–Crippen MR) is 89.5 cm³/mol. The third kappa shape index (κ3) is 3.50. The van der Waals surface area contributed by atoms with Crippen molar-refractivity contribution in [2.75, 3.05) is 11.4 Å². The molecule has 0 aliphatic rings. The van der Waals surface area contributed by atoms with Gasteiger partial charge >= 0.3 is 12.0 Å². The van der Waals surface area contributed by atoms with E-state index in [4.69, 9.17) is 10.5 Å². The molecule has 1 heterocycles. The summed E-state index contributed by atoms with van der Waals surface area (Å²) in [5.41, 5.74) is 5.25. The molecule has 2 amide bonds. The number of methoxy groups -OCH3 is 1. The highest BCUT2D eigenvalue weighted by Crippen LogP contribution is 2.25. The Morgan fingerprint density at radius 2 is 1.91 bits per heavy atom. The zero-order valence-corrected chi connectivity index (χ0v) is 15.1. The number of benzene rings is 1. The molecule has 0 fully saturated rings. The van der Waals surface area contributed by atoms with Gasteiger partial charge in [-0.25, -0.2) is 13.2 Å². The molecule has 0 saturated heterocycles. The number of anilines is 1. The van der Waals surface area contributed by atoms with Crippen LogP contribution in [0.5, 0.6) is 6.01 Å². The van der Waals surface area contributed by atoms with Gasteiger partial charge in [0.05, 0.1) is 7.11 Å². The molecule has 122 valence electrons. The quantitative estimate of drug-likeness (QED) is 0.692. The largest absolute Gasteiger partial charge is 0.467 e. The van der Waals surface area contributed by atoms with Gasteiger partial charge in [-0.05, 0) is 41.6 Å². The standard InChI is InChI=1S/C12H12IN5O4S/c1-7-15-11(17-12(16-7)22-2)18(10(14)19)23(20,21)9-6-4-3-5-8(9)13/h3-6H,1-2H3,(H2,14,19). The van der Waals surface area contributed by atoms with Crippen molar-refractivity contribution >= 4 is 44.6 Å². The lowest BCUT2D eigenvalue weighted by molar-refractivity contribution is 0.256. The lowest BCUT2D eigenvalue weighted by atomic mass is 10.4. The van der Waals surface area contributed by atoms with E-state index in [2.05, 4.69) is 15.0 Å². The SMILES string of the molecule is COc1nc(C)nc(N(C(N)=O)S(=O)(=O)c2ccccc2I)n1. The maximum atomic E-state index is 12.8. The summed E-state index contributed by atoms with van der Waals surface area (Å²) in [5.74, 6) is -0.252. The van der Waals surface area contributed by atoms with Crippen molar-refractivity contribution in [2.45, 2.75) is 11.8 Å². The van der Waals surface area contributed by atoms with Gasteiger partial charge in [0.1, 0.15) is 10.7 Å². The third-order valence-corrected chi connectivity index (χ3v) is 5.68. The van der Waals surface area contributed by atoms with E-state index in [9.17, 15) is 13.2 Å². The number of primary amides is 1. The van der Waals surface area contributed by atoms with E-state index in [1.165, 1.54) is 26.2 Å². The van der Waals surface area contributed by atoms with Crippen molar-refractivity contribution in [3.63, 3.8) is 0 Å². The Hall–Kier alpha value is -2.02. The number of hydrogen-bond acceptors (Lipinski definition) is 7. The van der Waals surface area contributed by atoms with Gasteiger partial charge in [-0.2, -0.15) is 15.0 Å². The zero-order chi connectivity index (χ0) is 17.2. The number of urea groups is 1. The van der Waals surface area contributed by atoms with Crippen LogP contribution in [0.1, 0.15) is 5.82 Å². The van der Waals surface area contributed by atoms with Gasteiger partial charge in [0.25, 0.3) is 16.0 Å². The molecule has 0 bridgehead atoms. The van der Waals surface area contributed by atoms with Crippen molar-refractivity contribution in [3.8, 4) is 6.01 Å². The first-order valence-corrected chi connectivity index (χ1v) is 8.65. The molecule has 0 unspecified atom stereocenters. The van der Waals surface area contributed by atoms with Crippen molar-refractivity contribution in [3.05, 3.63) is 33.7 Å². The van der Waals surface area contributed by atoms with Crippen LogP contribution in [-0.2, 0) is 10.0 Å². The minimum atomic E-state index is -4.28. The van der Waals surface area contributed by atoms with Gasteiger partial charge in [0.2, 0.25) is 0 Å². The Kier molecular flexibility index (Phi) is 4.99. The van der Waals surface area contributed by atoms with Crippen molar-refractivity contribution in [1.82, 2.24) is 15.0 Å². The van der Waals surface area contributed by atoms with Crippen LogP contribution >= 0.6 is 22.6 Å². The summed E-state index contributed by atoms with van der Waals surface area (Å²) >= 11 is 1.85. The first-order valence-electron chi connectivity index (χ1n) is 6.13. The molecule has 11 heteroatoms. The lowest BCUT2D eigenvalue weighted by Gasteiger charge is -2.19. The molecule has 0 saturated carbocycles. The topological polar surface area (TPSA) is 128 Å². The number of ether oxygens (including phenoxy) is 1. The van der Waals surface area contributed by atoms with Crippen LogP contribution < -0.4 is 14.8 Å². The van der Waals surface area contributed by atoms with Crippen LogP contribution in [0, 0.1) is 10.5 Å². The van der Waals surface area contributed by atoms with Crippen molar-refractivity contribution in [1.29, 1.82) is 0 Å². The number of halogens is 1. The summed E-state index contributed by atoms with van der Waals surface area (Å²) in [5, 5.41) is 0. The molecule has 1 aromatic carbocycles. The Bertz CT molecular complexity index is 858. The molecule has 0 atom stereocenters. The number of carbonyl (C=O) groups is 1. The van der Waals surface area contributed by atoms with E-state index in [1.54, 1.807) is 12.1 Å². The van der Waals surface area contributed by atoms with E-state index < -0.39 is 22.0 Å². The molecule has 23 heavy (non-hydrogen) atoms. The normalized spacial score (nSPS) is 11.1. The number of sulfonamides is 1. The fourth-order valence-corrected chi connectivity index (χ4v) is 4.22. The van der Waals surface area contributed by atoms with Crippen LogP contribution in [0.3, 0.4) is 0 Å². The third-order valence-electron chi connectivity index (χ3n) is 2.63. The molecule has 0 radical (unpaired) electrons. The summed E-state index contributed by atoms with van der Waals surface area (Å²) in [7, 11) is -2.98. The van der Waals surface area contributed by atoms with Crippen molar-refractivity contribution in [2.24, 2.45) is 5.73 Å². The highest BCUT2D eigenvalue weighted by Gasteiger charge is 2.33. The summed E-state index contributed by atoms with van der Waals surface area (Å²) in [6, 6.07) is 4.79. The number of carbonyl (C=O) groups excluding carboxylic acids is 1. The van der Waals surface area contributed by atoms with Crippen LogP contribution in [0.4, 0.5) is 10.7 Å². The molecular formula is C12H12IN5O4S. The maximum absolute atomic E-state index is 12.8. The smallest absolute Gasteiger partial charge is 0.336 e. The molecule has 9 nitrogen and oxygen atoms in total. The molecule has 2 N–H and O–H groups in total. The van der Waals surface area contributed by atoms with E-state index in [-0.39, 0.29) is 16.7 Å². The van der Waals surface area contributed by atoms with Gasteiger partial charge in [0.15, 0.2) is 0 Å². The molecule has 1 aromatic heterocycles. The van der Waals surface area contributed by atoms with Crippen LogP contribution in [0.15, 0.2) is 29.2 Å². The zero-order valence-electron chi connectivity index (χ0n) is 12.1. The van der Waals surface area contributed by atoms with Gasteiger partial charge in [-0.15, -0.1) is 4.31 Å². The Morgan fingerprint density at radius 1 is 1.26 bits per heavy atom. The van der Waals surface area contributed by atoms with Crippen LogP contribution in [0.2, 0.25) is 0 Å². The second kappa shape index (κ2) is 6.62. The average Bonchev–Trinajstić information content (AvgIpc) is 2.46. The predicted octanol–water partition coefficient (Wildman–Crippen LogP) is 1.07. The van der Waals surface area contributed by atoms with Gasteiger partial charge in [0, 0.05) is 3.57 Å². The fourth-order valence-electron chi connectivity index (χ4n) is 1.70. The summed E-state index contributed by atoms with van der Waals surface area (Å²) in [4.78, 5) is 23.2. The molecule has 2 rings (SSSR count). The molecular weight excluding hydrogens is 437 g/mol. The first-order chi connectivity index (χ1) is 10.8. The number of nitrogens with two attached hydrogens (primary N) is 1. The molecule has 0 aliphatic carbocycles. The summed E-state index contributed by atoms with van der Waals surface area (Å²) in [6.07, 6.45) is 0. The van der Waals surface area contributed by atoms with E-state index in [1.807, 2.05) is 22.6 Å². The van der Waals surface area contributed by atoms with Crippen molar-refractivity contribution < 1.29 is 17.9 Å².